The number of Topliss-reactive ketones (excluding diaryl/α,β-unsaturated/α-hetero) is 1. The van der Waals surface area contributed by atoms with E-state index in [4.69, 9.17) is 0 Å². The number of fused-ring (bicyclic) bond motifs is 1. The Hall–Kier alpha value is -3.93. The summed E-state index contributed by atoms with van der Waals surface area (Å²) in [6, 6.07) is 21.3. The molecule has 6 nitrogen and oxygen atoms in total. The quantitative estimate of drug-likeness (QED) is 0.522. The number of ketones is 1. The maximum Gasteiger partial charge on any atom is 0.332 e. The molecule has 1 heterocycles. The number of benzene rings is 3. The molecule has 0 aliphatic rings. The van der Waals surface area contributed by atoms with Gasteiger partial charge >= 0.3 is 5.69 Å². The highest BCUT2D eigenvalue weighted by Gasteiger charge is 2.18. The zero-order chi connectivity index (χ0) is 21.3. The van der Waals surface area contributed by atoms with Crippen molar-refractivity contribution in [3.63, 3.8) is 0 Å². The lowest BCUT2D eigenvalue weighted by Gasteiger charge is -2.15. The lowest BCUT2D eigenvalue weighted by Crippen LogP contribution is -2.40. The summed E-state index contributed by atoms with van der Waals surface area (Å²) in [5.74, 6) is -0.611. The van der Waals surface area contributed by atoms with Gasteiger partial charge in [0, 0.05) is 6.07 Å². The fourth-order valence-corrected chi connectivity index (χ4v) is 3.56. The maximum atomic E-state index is 13.3. The smallest absolute Gasteiger partial charge is 0.332 e. The van der Waals surface area contributed by atoms with Crippen LogP contribution >= 0.6 is 0 Å². The number of rotatable bonds is 5. The molecule has 6 heteroatoms. The van der Waals surface area contributed by atoms with Gasteiger partial charge in [0.2, 0.25) is 0 Å². The van der Waals surface area contributed by atoms with E-state index < -0.39 is 11.2 Å². The topological polar surface area (TPSA) is 81.3 Å². The number of hydrogen-bond donors (Lipinski definition) is 1. The third kappa shape index (κ3) is 3.55. The van der Waals surface area contributed by atoms with Gasteiger partial charge in [-0.3, -0.25) is 18.7 Å². The summed E-state index contributed by atoms with van der Waals surface area (Å²) in [5, 5.41) is 10.5. The Bertz CT molecular complexity index is 1350. The van der Waals surface area contributed by atoms with Crippen LogP contribution in [0.15, 0.2) is 82.4 Å². The van der Waals surface area contributed by atoms with Crippen molar-refractivity contribution >= 4 is 16.7 Å². The second-order valence-corrected chi connectivity index (χ2v) is 7.17. The lowest BCUT2D eigenvalue weighted by atomic mass is 10.1. The molecule has 1 aromatic heterocycles. The molecular weight excluding hydrogens is 380 g/mol. The fourth-order valence-electron chi connectivity index (χ4n) is 3.56. The normalized spacial score (nSPS) is 11.0. The van der Waals surface area contributed by atoms with Crippen molar-refractivity contribution in [1.82, 2.24) is 9.13 Å². The first kappa shape index (κ1) is 19.4. The van der Waals surface area contributed by atoms with Crippen molar-refractivity contribution in [1.29, 1.82) is 0 Å². The van der Waals surface area contributed by atoms with Crippen LogP contribution in [-0.4, -0.2) is 20.0 Å². The summed E-state index contributed by atoms with van der Waals surface area (Å²) in [4.78, 5) is 38.4. The van der Waals surface area contributed by atoms with Crippen LogP contribution in [0.3, 0.4) is 0 Å². The molecule has 0 atom stereocenters. The summed E-state index contributed by atoms with van der Waals surface area (Å²) in [6.07, 6.45) is 0. The standard InChI is InChI=1S/C24H20N2O4/c1-16(27)19-12-20-21(13-22(19)28)25(14-17-8-4-2-5-9-17)24(30)26(23(20)29)15-18-10-6-3-7-11-18/h2-13,28H,14-15H2,1H3. The maximum absolute atomic E-state index is 13.3. The predicted molar refractivity (Wildman–Crippen MR) is 115 cm³/mol. The highest BCUT2D eigenvalue weighted by atomic mass is 16.3. The van der Waals surface area contributed by atoms with Crippen LogP contribution in [0.1, 0.15) is 28.4 Å². The molecule has 0 spiro atoms. The Morgan fingerprint density at radius 2 is 1.37 bits per heavy atom. The van der Waals surface area contributed by atoms with E-state index in [0.717, 1.165) is 11.1 Å². The van der Waals surface area contributed by atoms with Crippen molar-refractivity contribution in [2.24, 2.45) is 0 Å². The van der Waals surface area contributed by atoms with Crippen LogP contribution < -0.4 is 11.2 Å². The third-order valence-corrected chi connectivity index (χ3v) is 5.09. The highest BCUT2D eigenvalue weighted by Crippen LogP contribution is 2.23. The van der Waals surface area contributed by atoms with Crippen molar-refractivity contribution < 1.29 is 9.90 Å². The third-order valence-electron chi connectivity index (χ3n) is 5.09. The minimum atomic E-state index is -0.495. The number of phenolic OH excluding ortho intramolecular Hbond substituents is 1. The summed E-state index contributed by atoms with van der Waals surface area (Å²) in [6.45, 7) is 1.66. The van der Waals surface area contributed by atoms with Gasteiger partial charge in [-0.1, -0.05) is 60.7 Å². The fraction of sp³-hybridized carbons (Fsp3) is 0.125. The SMILES string of the molecule is CC(=O)c1cc2c(=O)n(Cc3ccccc3)c(=O)n(Cc3ccccc3)c2cc1O. The molecule has 0 saturated carbocycles. The number of phenols is 1. The molecule has 0 bridgehead atoms. The molecule has 0 unspecified atom stereocenters. The second-order valence-electron chi connectivity index (χ2n) is 7.17. The van der Waals surface area contributed by atoms with Crippen LogP contribution in [0.2, 0.25) is 0 Å². The molecule has 0 aliphatic heterocycles. The largest absolute Gasteiger partial charge is 0.507 e. The first-order valence-electron chi connectivity index (χ1n) is 9.55. The zero-order valence-electron chi connectivity index (χ0n) is 16.4. The van der Waals surface area contributed by atoms with E-state index in [1.807, 2.05) is 60.7 Å². The number of aromatic nitrogens is 2. The van der Waals surface area contributed by atoms with Crippen LogP contribution in [0, 0.1) is 0 Å². The number of nitrogens with zero attached hydrogens (tertiary/aromatic N) is 2. The molecular formula is C24H20N2O4. The van der Waals surface area contributed by atoms with E-state index in [1.54, 1.807) is 0 Å². The van der Waals surface area contributed by atoms with Crippen LogP contribution in [0.4, 0.5) is 0 Å². The summed E-state index contributed by atoms with van der Waals surface area (Å²) >= 11 is 0. The number of carbonyl (C=O) groups is 1. The molecule has 30 heavy (non-hydrogen) atoms. The Morgan fingerprint density at radius 3 is 1.90 bits per heavy atom. The molecule has 0 amide bonds. The monoisotopic (exact) mass is 400 g/mol. The van der Waals surface area contributed by atoms with Crippen molar-refractivity contribution in [3.8, 4) is 5.75 Å². The molecule has 150 valence electrons. The van der Waals surface area contributed by atoms with Gasteiger partial charge in [0.05, 0.1) is 29.6 Å². The van der Waals surface area contributed by atoms with Crippen LogP contribution in [0.25, 0.3) is 10.9 Å². The number of carbonyl (C=O) groups excluding carboxylic acids is 1. The highest BCUT2D eigenvalue weighted by molar-refractivity contribution is 6.00. The van der Waals surface area contributed by atoms with E-state index in [0.29, 0.717) is 5.52 Å². The Morgan fingerprint density at radius 1 is 0.833 bits per heavy atom. The predicted octanol–water partition coefficient (Wildman–Crippen LogP) is 3.17. The van der Waals surface area contributed by atoms with E-state index >= 15 is 0 Å². The van der Waals surface area contributed by atoms with Gasteiger partial charge in [-0.15, -0.1) is 0 Å². The van der Waals surface area contributed by atoms with Gasteiger partial charge in [0.15, 0.2) is 5.78 Å². The Labute approximate surface area is 172 Å². The molecule has 0 fully saturated rings. The van der Waals surface area contributed by atoms with Crippen molar-refractivity contribution in [3.05, 3.63) is 110 Å². The van der Waals surface area contributed by atoms with Gasteiger partial charge in [-0.05, 0) is 24.1 Å². The Balaban J connectivity index is 2.01. The van der Waals surface area contributed by atoms with Gasteiger partial charge in [0.1, 0.15) is 5.75 Å². The van der Waals surface area contributed by atoms with Crippen molar-refractivity contribution in [2.45, 2.75) is 20.0 Å². The molecule has 4 rings (SSSR count). The van der Waals surface area contributed by atoms with Crippen LogP contribution in [0.5, 0.6) is 5.75 Å². The van der Waals surface area contributed by atoms with Gasteiger partial charge < -0.3 is 5.11 Å². The van der Waals surface area contributed by atoms with E-state index in [9.17, 15) is 19.5 Å². The van der Waals surface area contributed by atoms with Crippen molar-refractivity contribution in [2.75, 3.05) is 0 Å². The molecule has 0 aliphatic carbocycles. The average molecular weight is 400 g/mol. The van der Waals surface area contributed by atoms with E-state index in [1.165, 1.54) is 28.2 Å². The molecule has 4 aromatic rings. The number of hydrogen-bond acceptors (Lipinski definition) is 4. The minimum absolute atomic E-state index is 0.0516. The molecule has 0 saturated heterocycles. The number of aromatic hydroxyl groups is 1. The first-order chi connectivity index (χ1) is 14.5. The van der Waals surface area contributed by atoms with Gasteiger partial charge in [0.25, 0.3) is 5.56 Å². The minimum Gasteiger partial charge on any atom is -0.507 e. The molecule has 3 aromatic carbocycles. The molecule has 0 radical (unpaired) electrons. The Kier molecular flexibility index (Phi) is 5.06. The van der Waals surface area contributed by atoms with Gasteiger partial charge in [-0.2, -0.15) is 0 Å². The average Bonchev–Trinajstić information content (AvgIpc) is 2.75. The summed E-state index contributed by atoms with van der Waals surface area (Å²) < 4.78 is 2.63. The summed E-state index contributed by atoms with van der Waals surface area (Å²) in [7, 11) is 0. The second kappa shape index (κ2) is 7.83. The summed E-state index contributed by atoms with van der Waals surface area (Å²) in [5.41, 5.74) is 1.06. The van der Waals surface area contributed by atoms with E-state index in [2.05, 4.69) is 0 Å². The first-order valence-corrected chi connectivity index (χ1v) is 9.55. The zero-order valence-corrected chi connectivity index (χ0v) is 16.4. The van der Waals surface area contributed by atoms with Gasteiger partial charge in [-0.25, -0.2) is 4.79 Å². The van der Waals surface area contributed by atoms with E-state index in [-0.39, 0.29) is 35.6 Å². The lowest BCUT2D eigenvalue weighted by molar-refractivity contribution is 0.101. The molecule has 1 N–H and O–H groups in total. The van der Waals surface area contributed by atoms with Crippen LogP contribution in [-0.2, 0) is 13.1 Å².